The topological polar surface area (TPSA) is 72.1 Å². The van der Waals surface area contributed by atoms with Crippen molar-refractivity contribution in [2.45, 2.75) is 26.2 Å². The number of aliphatic imine (C=N–C) groups is 1. The summed E-state index contributed by atoms with van der Waals surface area (Å²) in [6.07, 6.45) is 5.27. The SMILES string of the molecule is Cc1ccc(/C=C2/C(=N)N3N=C(N4CCCCC4)SC3=NC2=O)cc1. The number of fused-ring (bicyclic) bond motifs is 1. The molecule has 3 aliphatic heterocycles. The normalized spacial score (nSPS) is 22.2. The number of likely N-dealkylation sites (tertiary alicyclic amines) is 1. The summed E-state index contributed by atoms with van der Waals surface area (Å²) in [5.74, 6) is -0.283. The van der Waals surface area contributed by atoms with Crippen LogP contribution in [-0.4, -0.2) is 45.1 Å². The monoisotopic (exact) mass is 353 g/mol. The van der Waals surface area contributed by atoms with E-state index in [9.17, 15) is 4.79 Å². The van der Waals surface area contributed by atoms with Gasteiger partial charge < -0.3 is 4.90 Å². The molecule has 0 unspecified atom stereocenters. The van der Waals surface area contributed by atoms with Gasteiger partial charge in [-0.05, 0) is 49.6 Å². The molecule has 1 fully saturated rings. The Morgan fingerprint density at radius 2 is 1.84 bits per heavy atom. The molecule has 1 amide bonds. The van der Waals surface area contributed by atoms with Crippen LogP contribution in [0.2, 0.25) is 0 Å². The molecule has 0 spiro atoms. The summed E-state index contributed by atoms with van der Waals surface area (Å²) in [5.41, 5.74) is 2.31. The molecular weight excluding hydrogens is 334 g/mol. The number of hydrazone groups is 1. The van der Waals surface area contributed by atoms with Gasteiger partial charge in [-0.15, -0.1) is 5.10 Å². The van der Waals surface area contributed by atoms with Crippen LogP contribution in [0, 0.1) is 12.3 Å². The Bertz CT molecular complexity index is 818. The highest BCUT2D eigenvalue weighted by atomic mass is 32.2. The quantitative estimate of drug-likeness (QED) is 0.788. The minimum atomic E-state index is -0.376. The zero-order valence-corrected chi connectivity index (χ0v) is 14.8. The molecule has 4 rings (SSSR count). The first-order valence-electron chi connectivity index (χ1n) is 8.44. The average Bonchev–Trinajstić information content (AvgIpc) is 3.05. The van der Waals surface area contributed by atoms with Gasteiger partial charge in [0.05, 0.1) is 5.57 Å². The van der Waals surface area contributed by atoms with E-state index in [1.807, 2.05) is 31.2 Å². The number of amides is 1. The molecule has 1 N–H and O–H groups in total. The van der Waals surface area contributed by atoms with Crippen molar-refractivity contribution in [2.24, 2.45) is 10.1 Å². The zero-order chi connectivity index (χ0) is 17.4. The Kier molecular flexibility index (Phi) is 4.17. The lowest BCUT2D eigenvalue weighted by Gasteiger charge is -2.26. The molecule has 1 aromatic rings. The Morgan fingerprint density at radius 1 is 1.12 bits per heavy atom. The van der Waals surface area contributed by atoms with Gasteiger partial charge >= 0.3 is 0 Å². The maximum absolute atomic E-state index is 12.4. The highest BCUT2D eigenvalue weighted by Crippen LogP contribution is 2.30. The van der Waals surface area contributed by atoms with Crippen molar-refractivity contribution < 1.29 is 4.79 Å². The van der Waals surface area contributed by atoms with Crippen LogP contribution in [0.15, 0.2) is 39.9 Å². The number of benzene rings is 1. The number of amidine groups is 3. The average molecular weight is 353 g/mol. The van der Waals surface area contributed by atoms with Gasteiger partial charge in [0.2, 0.25) is 5.17 Å². The number of thioether (sulfide) groups is 1. The highest BCUT2D eigenvalue weighted by molar-refractivity contribution is 8.26. The van der Waals surface area contributed by atoms with E-state index in [-0.39, 0.29) is 17.3 Å². The Morgan fingerprint density at radius 3 is 2.56 bits per heavy atom. The molecule has 7 heteroatoms. The first-order valence-corrected chi connectivity index (χ1v) is 9.25. The van der Waals surface area contributed by atoms with Crippen LogP contribution >= 0.6 is 11.8 Å². The number of aryl methyl sites for hydroxylation is 1. The summed E-state index contributed by atoms with van der Waals surface area (Å²) in [4.78, 5) is 18.8. The van der Waals surface area contributed by atoms with Crippen molar-refractivity contribution in [1.29, 1.82) is 5.41 Å². The lowest BCUT2D eigenvalue weighted by molar-refractivity contribution is -0.114. The van der Waals surface area contributed by atoms with Crippen molar-refractivity contribution in [3.8, 4) is 0 Å². The molecule has 6 nitrogen and oxygen atoms in total. The van der Waals surface area contributed by atoms with Crippen LogP contribution in [0.25, 0.3) is 6.08 Å². The molecule has 3 heterocycles. The minimum Gasteiger partial charge on any atom is -0.349 e. The second kappa shape index (κ2) is 6.48. The molecule has 0 saturated carbocycles. The fraction of sp³-hybridized carbons (Fsp3) is 0.333. The van der Waals surface area contributed by atoms with Crippen molar-refractivity contribution >= 4 is 39.9 Å². The van der Waals surface area contributed by atoms with Crippen molar-refractivity contribution in [3.05, 3.63) is 41.0 Å². The summed E-state index contributed by atoms with van der Waals surface area (Å²) in [5, 5.41) is 15.8. The number of nitrogens with zero attached hydrogens (tertiary/aromatic N) is 4. The molecule has 1 aromatic carbocycles. The van der Waals surface area contributed by atoms with Crippen LogP contribution in [0.1, 0.15) is 30.4 Å². The second-order valence-corrected chi connectivity index (χ2v) is 7.30. The van der Waals surface area contributed by atoms with Crippen LogP contribution < -0.4 is 0 Å². The molecule has 1 saturated heterocycles. The van der Waals surface area contributed by atoms with Crippen molar-refractivity contribution in [1.82, 2.24) is 9.91 Å². The summed E-state index contributed by atoms with van der Waals surface area (Å²) in [6, 6.07) is 7.83. The lowest BCUT2D eigenvalue weighted by Crippen LogP contribution is -2.35. The highest BCUT2D eigenvalue weighted by Gasteiger charge is 2.37. The Hall–Kier alpha value is -2.41. The van der Waals surface area contributed by atoms with E-state index in [1.54, 1.807) is 6.08 Å². The van der Waals surface area contributed by atoms with E-state index in [0.29, 0.717) is 5.17 Å². The zero-order valence-electron chi connectivity index (χ0n) is 14.0. The van der Waals surface area contributed by atoms with Crippen LogP contribution in [0.4, 0.5) is 0 Å². The summed E-state index contributed by atoms with van der Waals surface area (Å²) >= 11 is 1.38. The maximum atomic E-state index is 12.4. The standard InChI is InChI=1S/C18H19N5OS/c1-12-5-7-13(8-6-12)11-14-15(19)23-17(20-16(14)24)25-18(21-23)22-9-3-2-4-10-22/h5-8,11,19H,2-4,9-10H2,1H3/b14-11-,19-15?. The van der Waals surface area contributed by atoms with E-state index in [0.717, 1.165) is 42.2 Å². The fourth-order valence-corrected chi connectivity index (χ4v) is 3.97. The third-order valence-electron chi connectivity index (χ3n) is 4.46. The van der Waals surface area contributed by atoms with E-state index in [1.165, 1.54) is 23.2 Å². The Labute approximate surface area is 150 Å². The predicted octanol–water partition coefficient (Wildman–Crippen LogP) is 3.06. The first-order chi connectivity index (χ1) is 12.1. The van der Waals surface area contributed by atoms with Gasteiger partial charge in [0.15, 0.2) is 11.0 Å². The third-order valence-corrected chi connectivity index (χ3v) is 5.43. The summed E-state index contributed by atoms with van der Waals surface area (Å²) in [6.45, 7) is 3.96. The first kappa shape index (κ1) is 16.1. The van der Waals surface area contributed by atoms with Crippen LogP contribution in [-0.2, 0) is 4.79 Å². The van der Waals surface area contributed by atoms with Crippen LogP contribution in [0.5, 0.6) is 0 Å². The van der Waals surface area contributed by atoms with Gasteiger partial charge in [-0.25, -0.2) is 0 Å². The van der Waals surface area contributed by atoms with Gasteiger partial charge in [-0.3, -0.25) is 10.2 Å². The van der Waals surface area contributed by atoms with Crippen molar-refractivity contribution in [3.63, 3.8) is 0 Å². The van der Waals surface area contributed by atoms with E-state index in [4.69, 9.17) is 5.41 Å². The number of hydrogen-bond acceptors (Lipinski definition) is 5. The van der Waals surface area contributed by atoms with Gasteiger partial charge in [0.1, 0.15) is 0 Å². The number of nitrogens with one attached hydrogen (secondary N) is 1. The second-order valence-electron chi connectivity index (χ2n) is 6.36. The third kappa shape index (κ3) is 3.11. The van der Waals surface area contributed by atoms with Crippen LogP contribution in [0.3, 0.4) is 0 Å². The van der Waals surface area contributed by atoms with E-state index < -0.39 is 0 Å². The maximum Gasteiger partial charge on any atom is 0.283 e. The minimum absolute atomic E-state index is 0.0927. The molecule has 25 heavy (non-hydrogen) atoms. The molecule has 0 atom stereocenters. The van der Waals surface area contributed by atoms with E-state index >= 15 is 0 Å². The van der Waals surface area contributed by atoms with E-state index in [2.05, 4.69) is 15.0 Å². The fourth-order valence-electron chi connectivity index (χ4n) is 3.02. The number of hydrogen-bond donors (Lipinski definition) is 1. The van der Waals surface area contributed by atoms with Gasteiger partial charge in [-0.2, -0.15) is 10.0 Å². The molecule has 128 valence electrons. The summed E-state index contributed by atoms with van der Waals surface area (Å²) in [7, 11) is 0. The smallest absolute Gasteiger partial charge is 0.283 e. The molecule has 0 bridgehead atoms. The summed E-state index contributed by atoms with van der Waals surface area (Å²) < 4.78 is 0. The number of rotatable bonds is 1. The van der Waals surface area contributed by atoms with Crippen molar-refractivity contribution in [2.75, 3.05) is 13.1 Å². The van der Waals surface area contributed by atoms with Gasteiger partial charge in [0, 0.05) is 13.1 Å². The number of piperidine rings is 1. The molecule has 0 radical (unpaired) electrons. The number of carbonyl (C=O) groups excluding carboxylic acids is 1. The predicted molar refractivity (Wildman–Crippen MR) is 102 cm³/mol. The largest absolute Gasteiger partial charge is 0.349 e. The molecular formula is C18H19N5OS. The van der Waals surface area contributed by atoms with Gasteiger partial charge in [0.25, 0.3) is 5.91 Å². The van der Waals surface area contributed by atoms with Gasteiger partial charge in [-0.1, -0.05) is 29.8 Å². The lowest BCUT2D eigenvalue weighted by atomic mass is 10.1. The Balaban J connectivity index is 1.62. The molecule has 3 aliphatic rings. The molecule has 0 aromatic heterocycles. The molecule has 0 aliphatic carbocycles. The number of carbonyl (C=O) groups is 1.